The van der Waals surface area contributed by atoms with E-state index in [0.29, 0.717) is 11.2 Å². The smallest absolute Gasteiger partial charge is 0.233 e. The molecular weight excluding hydrogens is 270 g/mol. The molecule has 2 rings (SSSR count). The molecule has 0 aromatic carbocycles. The number of aryl methyl sites for hydroxylation is 2. The van der Waals surface area contributed by atoms with E-state index >= 15 is 0 Å². The van der Waals surface area contributed by atoms with Crippen molar-refractivity contribution in [1.29, 1.82) is 0 Å². The van der Waals surface area contributed by atoms with Crippen LogP contribution in [0.25, 0.3) is 0 Å². The first-order valence-corrected chi connectivity index (χ1v) is 8.22. The maximum Gasteiger partial charge on any atom is 0.233 e. The number of aromatic nitrogens is 2. The predicted molar refractivity (Wildman–Crippen MR) is 81.8 cm³/mol. The van der Waals surface area contributed by atoms with Gasteiger partial charge < -0.3 is 5.32 Å². The van der Waals surface area contributed by atoms with Crippen LogP contribution in [0.1, 0.15) is 50.4 Å². The van der Waals surface area contributed by atoms with Crippen LogP contribution in [-0.2, 0) is 4.79 Å². The Labute approximate surface area is 125 Å². The van der Waals surface area contributed by atoms with E-state index in [1.54, 1.807) is 0 Å². The van der Waals surface area contributed by atoms with Gasteiger partial charge in [0.25, 0.3) is 0 Å². The van der Waals surface area contributed by atoms with Gasteiger partial charge in [-0.15, -0.1) is 0 Å². The summed E-state index contributed by atoms with van der Waals surface area (Å²) in [5.41, 5.74) is 1.89. The minimum atomic E-state index is -0.155. The minimum absolute atomic E-state index is 0.102. The zero-order valence-corrected chi connectivity index (χ0v) is 13.3. The van der Waals surface area contributed by atoms with Crippen molar-refractivity contribution in [3.8, 4) is 0 Å². The van der Waals surface area contributed by atoms with Crippen LogP contribution in [0.5, 0.6) is 0 Å². The highest BCUT2D eigenvalue weighted by atomic mass is 32.2. The molecule has 1 aromatic heterocycles. The highest BCUT2D eigenvalue weighted by Gasteiger charge is 2.21. The van der Waals surface area contributed by atoms with Crippen molar-refractivity contribution < 1.29 is 4.79 Å². The molecular formula is C15H23N3OS. The molecule has 1 N–H and O–H groups in total. The van der Waals surface area contributed by atoms with E-state index < -0.39 is 0 Å². The molecule has 0 spiro atoms. The summed E-state index contributed by atoms with van der Waals surface area (Å²) in [7, 11) is 0. The lowest BCUT2D eigenvalue weighted by molar-refractivity contribution is -0.121. The molecule has 110 valence electrons. The van der Waals surface area contributed by atoms with Gasteiger partial charge in [-0.1, -0.05) is 31.0 Å². The molecule has 0 unspecified atom stereocenters. The molecule has 4 nitrogen and oxygen atoms in total. The Kier molecular flexibility index (Phi) is 5.40. The SMILES string of the molecule is Cc1cc(C)nc(S[C@@H](C)C(=O)NC2CCCCC2)n1. The summed E-state index contributed by atoms with van der Waals surface area (Å²) in [6, 6.07) is 2.30. The topological polar surface area (TPSA) is 54.9 Å². The zero-order chi connectivity index (χ0) is 14.5. The Morgan fingerprint density at radius 3 is 2.45 bits per heavy atom. The van der Waals surface area contributed by atoms with Crippen molar-refractivity contribution in [1.82, 2.24) is 15.3 Å². The Hall–Kier alpha value is -1.10. The van der Waals surface area contributed by atoms with E-state index in [9.17, 15) is 4.79 Å². The average Bonchev–Trinajstić information content (AvgIpc) is 2.38. The van der Waals surface area contributed by atoms with E-state index in [4.69, 9.17) is 0 Å². The summed E-state index contributed by atoms with van der Waals surface area (Å²) in [4.78, 5) is 20.9. The quantitative estimate of drug-likeness (QED) is 0.685. The monoisotopic (exact) mass is 293 g/mol. The maximum atomic E-state index is 12.2. The predicted octanol–water partition coefficient (Wildman–Crippen LogP) is 3.02. The normalized spacial score (nSPS) is 17.8. The number of carbonyl (C=O) groups is 1. The minimum Gasteiger partial charge on any atom is -0.352 e. The number of amides is 1. The van der Waals surface area contributed by atoms with Gasteiger partial charge in [-0.05, 0) is 39.7 Å². The maximum absolute atomic E-state index is 12.2. The molecule has 0 radical (unpaired) electrons. The number of hydrogen-bond donors (Lipinski definition) is 1. The lowest BCUT2D eigenvalue weighted by atomic mass is 9.95. The Morgan fingerprint density at radius 1 is 1.25 bits per heavy atom. The van der Waals surface area contributed by atoms with Gasteiger partial charge in [0.15, 0.2) is 5.16 Å². The number of hydrogen-bond acceptors (Lipinski definition) is 4. The molecule has 1 aliphatic carbocycles. The Morgan fingerprint density at radius 2 is 1.85 bits per heavy atom. The fourth-order valence-electron chi connectivity index (χ4n) is 2.52. The molecule has 1 amide bonds. The van der Waals surface area contributed by atoms with E-state index in [0.717, 1.165) is 24.2 Å². The molecule has 0 saturated heterocycles. The second-order valence-electron chi connectivity index (χ2n) is 5.54. The van der Waals surface area contributed by atoms with Gasteiger partial charge >= 0.3 is 0 Å². The lowest BCUT2D eigenvalue weighted by Crippen LogP contribution is -2.40. The van der Waals surface area contributed by atoms with Crippen molar-refractivity contribution in [2.24, 2.45) is 0 Å². The van der Waals surface area contributed by atoms with Gasteiger partial charge in [0, 0.05) is 17.4 Å². The summed E-state index contributed by atoms with van der Waals surface area (Å²) >= 11 is 1.43. The molecule has 5 heteroatoms. The van der Waals surface area contributed by atoms with Gasteiger partial charge in [-0.3, -0.25) is 4.79 Å². The third-order valence-electron chi connectivity index (χ3n) is 3.56. The van der Waals surface area contributed by atoms with Crippen LogP contribution in [0.15, 0.2) is 11.2 Å². The van der Waals surface area contributed by atoms with Crippen LogP contribution >= 0.6 is 11.8 Å². The van der Waals surface area contributed by atoms with Crippen LogP contribution in [0.2, 0.25) is 0 Å². The number of carbonyl (C=O) groups excluding carboxylic acids is 1. The molecule has 1 aromatic rings. The van der Waals surface area contributed by atoms with E-state index in [1.807, 2.05) is 26.8 Å². The summed E-state index contributed by atoms with van der Waals surface area (Å²) in [6.07, 6.45) is 5.98. The first kappa shape index (κ1) is 15.3. The van der Waals surface area contributed by atoms with Crippen LogP contribution in [-0.4, -0.2) is 27.2 Å². The van der Waals surface area contributed by atoms with Crippen molar-refractivity contribution in [2.75, 3.05) is 0 Å². The largest absolute Gasteiger partial charge is 0.352 e. The third kappa shape index (κ3) is 4.47. The van der Waals surface area contributed by atoms with Crippen molar-refractivity contribution in [3.05, 3.63) is 17.5 Å². The lowest BCUT2D eigenvalue weighted by Gasteiger charge is -2.24. The highest BCUT2D eigenvalue weighted by Crippen LogP contribution is 2.22. The highest BCUT2D eigenvalue weighted by molar-refractivity contribution is 8.00. The third-order valence-corrected chi connectivity index (χ3v) is 4.53. The number of nitrogens with one attached hydrogen (secondary N) is 1. The molecule has 0 bridgehead atoms. The summed E-state index contributed by atoms with van der Waals surface area (Å²) in [5.74, 6) is 0.102. The fourth-order valence-corrected chi connectivity index (χ4v) is 3.41. The summed E-state index contributed by atoms with van der Waals surface area (Å²) in [6.45, 7) is 5.82. The molecule has 0 aliphatic heterocycles. The van der Waals surface area contributed by atoms with Gasteiger partial charge in [-0.2, -0.15) is 0 Å². The first-order valence-electron chi connectivity index (χ1n) is 7.34. The number of thioether (sulfide) groups is 1. The number of nitrogens with zero attached hydrogens (tertiary/aromatic N) is 2. The van der Waals surface area contributed by atoms with Crippen LogP contribution in [0.4, 0.5) is 0 Å². The zero-order valence-electron chi connectivity index (χ0n) is 12.5. The molecule has 20 heavy (non-hydrogen) atoms. The molecule has 1 heterocycles. The van der Waals surface area contributed by atoms with Gasteiger partial charge in [0.1, 0.15) is 0 Å². The standard InChI is InChI=1S/C15H23N3OS/c1-10-9-11(2)17-15(16-10)20-12(3)14(19)18-13-7-5-4-6-8-13/h9,12-13H,4-8H2,1-3H3,(H,18,19)/t12-/m0/s1. The van der Waals surface area contributed by atoms with Crippen LogP contribution in [0, 0.1) is 13.8 Å². The fraction of sp³-hybridized carbons (Fsp3) is 0.667. The molecule has 1 saturated carbocycles. The molecule has 1 aliphatic rings. The van der Waals surface area contributed by atoms with E-state index in [1.165, 1.54) is 31.0 Å². The number of rotatable bonds is 4. The Balaban J connectivity index is 1.89. The summed E-state index contributed by atoms with van der Waals surface area (Å²) in [5, 5.41) is 3.69. The van der Waals surface area contributed by atoms with Gasteiger partial charge in [0.05, 0.1) is 5.25 Å². The van der Waals surface area contributed by atoms with E-state index in [2.05, 4.69) is 15.3 Å². The second kappa shape index (κ2) is 7.07. The van der Waals surface area contributed by atoms with Gasteiger partial charge in [0.2, 0.25) is 5.91 Å². The van der Waals surface area contributed by atoms with E-state index in [-0.39, 0.29) is 11.2 Å². The van der Waals surface area contributed by atoms with Crippen molar-refractivity contribution >= 4 is 17.7 Å². The second-order valence-corrected chi connectivity index (χ2v) is 6.84. The molecule has 1 atom stereocenters. The first-order chi connectivity index (χ1) is 9.54. The average molecular weight is 293 g/mol. The van der Waals surface area contributed by atoms with Gasteiger partial charge in [-0.25, -0.2) is 9.97 Å². The van der Waals surface area contributed by atoms with Crippen LogP contribution < -0.4 is 5.32 Å². The van der Waals surface area contributed by atoms with Crippen molar-refractivity contribution in [3.63, 3.8) is 0 Å². The Bertz CT molecular complexity index is 452. The molecule has 1 fully saturated rings. The van der Waals surface area contributed by atoms with Crippen molar-refractivity contribution in [2.45, 2.75) is 69.3 Å². The summed E-state index contributed by atoms with van der Waals surface area (Å²) < 4.78 is 0. The van der Waals surface area contributed by atoms with Crippen LogP contribution in [0.3, 0.4) is 0 Å².